The number of hydrogen-bond donors (Lipinski definition) is 1. The largest absolute Gasteiger partial charge is 0.335 e. The Kier molecular flexibility index (Phi) is 4.35. The molecule has 0 spiro atoms. The minimum absolute atomic E-state index is 0.314. The second kappa shape index (κ2) is 6.59. The lowest BCUT2D eigenvalue weighted by molar-refractivity contribution is -0.131. The number of nitrogens with zero attached hydrogens (tertiary/aromatic N) is 3. The molecule has 1 atom stereocenters. The van der Waals surface area contributed by atoms with Gasteiger partial charge in [0.25, 0.3) is 5.91 Å². The van der Waals surface area contributed by atoms with Gasteiger partial charge in [0.05, 0.1) is 17.6 Å². The first-order valence-electron chi connectivity index (χ1n) is 6.95. The third-order valence-electron chi connectivity index (χ3n) is 3.31. The molecule has 3 rings (SSSR count). The fourth-order valence-electron chi connectivity index (χ4n) is 2.15. The van der Waals surface area contributed by atoms with Crippen molar-refractivity contribution in [2.75, 3.05) is 4.90 Å². The number of carbonyl (C=O) groups excluding carboxylic acids is 3. The molecule has 1 N–H and O–H groups in total. The highest BCUT2D eigenvalue weighted by Crippen LogP contribution is 2.22. The Morgan fingerprint density at radius 1 is 1.17 bits per heavy atom. The zero-order valence-electron chi connectivity index (χ0n) is 12.2. The van der Waals surface area contributed by atoms with Crippen LogP contribution in [0, 0.1) is 5.92 Å². The van der Waals surface area contributed by atoms with Crippen molar-refractivity contribution >= 4 is 47.0 Å². The Morgan fingerprint density at radius 2 is 1.92 bits per heavy atom. The molecule has 24 heavy (non-hydrogen) atoms. The van der Waals surface area contributed by atoms with Crippen LogP contribution in [-0.4, -0.2) is 29.0 Å². The number of carbonyl (C=O) groups is 3. The van der Waals surface area contributed by atoms with Gasteiger partial charge in [-0.25, -0.2) is 9.69 Å². The first-order valence-corrected chi connectivity index (χ1v) is 7.32. The van der Waals surface area contributed by atoms with Crippen LogP contribution in [0.3, 0.4) is 0 Å². The quantitative estimate of drug-likeness (QED) is 0.684. The van der Waals surface area contributed by atoms with E-state index in [1.165, 1.54) is 24.5 Å². The Balaban J connectivity index is 1.88. The summed E-state index contributed by atoms with van der Waals surface area (Å²) >= 11 is 5.81. The number of anilines is 1. The van der Waals surface area contributed by atoms with Crippen LogP contribution in [0.1, 0.15) is 0 Å². The van der Waals surface area contributed by atoms with E-state index in [0.29, 0.717) is 16.4 Å². The first-order chi connectivity index (χ1) is 11.6. The van der Waals surface area contributed by atoms with Crippen molar-refractivity contribution in [1.82, 2.24) is 10.3 Å². The van der Waals surface area contributed by atoms with E-state index in [2.05, 4.69) is 15.3 Å². The average molecular weight is 343 g/mol. The number of aromatic nitrogens is 1. The lowest BCUT2D eigenvalue weighted by atomic mass is 10.1. The van der Waals surface area contributed by atoms with Gasteiger partial charge < -0.3 is 0 Å². The van der Waals surface area contributed by atoms with Gasteiger partial charge in [-0.1, -0.05) is 11.6 Å². The number of rotatable bonds is 3. The van der Waals surface area contributed by atoms with Gasteiger partial charge in [-0.15, -0.1) is 0 Å². The maximum Gasteiger partial charge on any atom is 0.335 e. The van der Waals surface area contributed by atoms with E-state index in [1.807, 2.05) is 0 Å². The summed E-state index contributed by atoms with van der Waals surface area (Å²) < 4.78 is 0. The monoisotopic (exact) mass is 342 g/mol. The molecular formula is C16H11ClN4O3. The van der Waals surface area contributed by atoms with E-state index in [-0.39, 0.29) is 0 Å². The standard InChI is InChI=1S/C16H11ClN4O3/c17-10-3-5-12(6-4-10)21-15(23)13(14(22)20-16(21)24)9-19-11-2-1-7-18-8-11/h1-9,13H,(H,20,22,24)/t13-/m0/s1. The second-order valence-corrected chi connectivity index (χ2v) is 5.35. The number of hydrogen-bond acceptors (Lipinski definition) is 5. The van der Waals surface area contributed by atoms with Crippen LogP contribution in [0.2, 0.25) is 5.02 Å². The molecule has 1 saturated heterocycles. The topological polar surface area (TPSA) is 91.7 Å². The summed E-state index contributed by atoms with van der Waals surface area (Å²) in [7, 11) is 0. The molecule has 1 aliphatic heterocycles. The number of nitrogens with one attached hydrogen (secondary N) is 1. The van der Waals surface area contributed by atoms with Crippen LogP contribution < -0.4 is 10.2 Å². The van der Waals surface area contributed by atoms with Crippen LogP contribution >= 0.6 is 11.6 Å². The molecule has 0 saturated carbocycles. The highest BCUT2D eigenvalue weighted by molar-refractivity contribution is 6.33. The Labute approximate surface area is 142 Å². The summed E-state index contributed by atoms with van der Waals surface area (Å²) in [6.45, 7) is 0. The van der Waals surface area contributed by atoms with Gasteiger partial charge in [0, 0.05) is 17.4 Å². The van der Waals surface area contributed by atoms with Crippen molar-refractivity contribution in [3.63, 3.8) is 0 Å². The Morgan fingerprint density at radius 3 is 2.58 bits per heavy atom. The molecule has 0 aliphatic carbocycles. The molecule has 120 valence electrons. The first kappa shape index (κ1) is 15.8. The number of pyridine rings is 1. The minimum Gasteiger partial charge on any atom is -0.276 e. The van der Waals surface area contributed by atoms with Gasteiger partial charge in [-0.3, -0.25) is 24.9 Å². The van der Waals surface area contributed by atoms with Crippen LogP contribution in [0.4, 0.5) is 16.2 Å². The summed E-state index contributed by atoms with van der Waals surface area (Å²) in [5, 5.41) is 2.61. The van der Waals surface area contributed by atoms with Crippen molar-refractivity contribution in [2.45, 2.75) is 0 Å². The smallest absolute Gasteiger partial charge is 0.276 e. The van der Waals surface area contributed by atoms with Gasteiger partial charge in [-0.2, -0.15) is 0 Å². The molecule has 8 heteroatoms. The number of benzene rings is 1. The highest BCUT2D eigenvalue weighted by Gasteiger charge is 2.40. The molecule has 1 aromatic heterocycles. The van der Waals surface area contributed by atoms with E-state index >= 15 is 0 Å². The van der Waals surface area contributed by atoms with E-state index in [1.54, 1.807) is 30.5 Å². The molecule has 1 fully saturated rings. The molecule has 1 aromatic carbocycles. The third-order valence-corrected chi connectivity index (χ3v) is 3.56. The SMILES string of the molecule is O=C1NC(=O)N(c2ccc(Cl)cc2)C(=O)[C@H]1C=Nc1cccnc1. The van der Waals surface area contributed by atoms with E-state index in [0.717, 1.165) is 4.90 Å². The van der Waals surface area contributed by atoms with Crippen molar-refractivity contribution in [2.24, 2.45) is 10.9 Å². The third kappa shape index (κ3) is 3.16. The van der Waals surface area contributed by atoms with Gasteiger partial charge >= 0.3 is 6.03 Å². The average Bonchev–Trinajstić information content (AvgIpc) is 2.57. The fourth-order valence-corrected chi connectivity index (χ4v) is 2.27. The summed E-state index contributed by atoms with van der Waals surface area (Å²) in [4.78, 5) is 45.4. The summed E-state index contributed by atoms with van der Waals surface area (Å²) in [5.74, 6) is -2.61. The normalized spacial score (nSPS) is 18.1. The van der Waals surface area contributed by atoms with E-state index < -0.39 is 23.8 Å². The zero-order chi connectivity index (χ0) is 17.1. The summed E-state index contributed by atoms with van der Waals surface area (Å²) in [6, 6.07) is 8.68. The maximum atomic E-state index is 12.6. The number of urea groups is 1. The Bertz CT molecular complexity index is 821. The van der Waals surface area contributed by atoms with Crippen LogP contribution in [0.25, 0.3) is 0 Å². The summed E-state index contributed by atoms with van der Waals surface area (Å²) in [5.41, 5.74) is 0.808. The van der Waals surface area contributed by atoms with Crippen LogP contribution in [0.15, 0.2) is 53.8 Å². The summed E-state index contributed by atoms with van der Waals surface area (Å²) in [6.07, 6.45) is 4.27. The highest BCUT2D eigenvalue weighted by atomic mass is 35.5. The molecule has 0 radical (unpaired) electrons. The van der Waals surface area contributed by atoms with Gasteiger partial charge in [0.2, 0.25) is 5.91 Å². The van der Waals surface area contributed by atoms with Crippen molar-refractivity contribution < 1.29 is 14.4 Å². The lowest BCUT2D eigenvalue weighted by Gasteiger charge is -2.28. The molecule has 0 bridgehead atoms. The number of barbiturate groups is 1. The molecule has 4 amide bonds. The number of halogens is 1. The molecule has 1 aliphatic rings. The number of imide groups is 2. The number of amides is 4. The molecule has 0 unspecified atom stereocenters. The number of aliphatic imine (C=N–C) groups is 1. The van der Waals surface area contributed by atoms with Crippen molar-refractivity contribution in [3.05, 3.63) is 53.8 Å². The predicted molar refractivity (Wildman–Crippen MR) is 88.4 cm³/mol. The second-order valence-electron chi connectivity index (χ2n) is 4.91. The van der Waals surface area contributed by atoms with Crippen molar-refractivity contribution in [1.29, 1.82) is 0 Å². The molecule has 2 heterocycles. The zero-order valence-corrected chi connectivity index (χ0v) is 13.0. The predicted octanol–water partition coefficient (Wildman–Crippen LogP) is 2.34. The lowest BCUT2D eigenvalue weighted by Crippen LogP contribution is -2.58. The van der Waals surface area contributed by atoms with Crippen LogP contribution in [-0.2, 0) is 9.59 Å². The van der Waals surface area contributed by atoms with E-state index in [4.69, 9.17) is 11.6 Å². The maximum absolute atomic E-state index is 12.6. The molecular weight excluding hydrogens is 332 g/mol. The van der Waals surface area contributed by atoms with Gasteiger partial charge in [-0.05, 0) is 36.4 Å². The minimum atomic E-state index is -1.21. The van der Waals surface area contributed by atoms with Crippen LogP contribution in [0.5, 0.6) is 0 Å². The fraction of sp³-hybridized carbons (Fsp3) is 0.0625. The van der Waals surface area contributed by atoms with Gasteiger partial charge in [0.1, 0.15) is 0 Å². The van der Waals surface area contributed by atoms with Gasteiger partial charge in [0.15, 0.2) is 5.92 Å². The Hall–Kier alpha value is -3.06. The molecule has 7 nitrogen and oxygen atoms in total. The van der Waals surface area contributed by atoms with E-state index in [9.17, 15) is 14.4 Å². The van der Waals surface area contributed by atoms with Crippen molar-refractivity contribution in [3.8, 4) is 0 Å². The molecule has 2 aromatic rings.